The van der Waals surface area contributed by atoms with Gasteiger partial charge in [0.1, 0.15) is 0 Å². The fourth-order valence-corrected chi connectivity index (χ4v) is 2.47. The van der Waals surface area contributed by atoms with Gasteiger partial charge in [-0.1, -0.05) is 22.0 Å². The highest BCUT2D eigenvalue weighted by atomic mass is 79.9. The van der Waals surface area contributed by atoms with Gasteiger partial charge in [-0.05, 0) is 31.8 Å². The third-order valence-corrected chi connectivity index (χ3v) is 4.15. The maximum absolute atomic E-state index is 9.52. The van der Waals surface area contributed by atoms with Gasteiger partial charge in [-0.2, -0.15) is 0 Å². The first-order valence-corrected chi connectivity index (χ1v) is 7.10. The van der Waals surface area contributed by atoms with Crippen molar-refractivity contribution in [3.8, 4) is 0 Å². The van der Waals surface area contributed by atoms with Crippen LogP contribution in [0, 0.1) is 0 Å². The minimum atomic E-state index is -0.277. The van der Waals surface area contributed by atoms with E-state index in [2.05, 4.69) is 52.3 Å². The summed E-state index contributed by atoms with van der Waals surface area (Å²) in [6.07, 6.45) is 0.782. The van der Waals surface area contributed by atoms with Crippen LogP contribution in [-0.4, -0.2) is 41.1 Å². The van der Waals surface area contributed by atoms with Gasteiger partial charge < -0.3 is 10.0 Å². The average molecular weight is 292 g/mol. The van der Waals surface area contributed by atoms with Crippen molar-refractivity contribution in [2.75, 3.05) is 18.9 Å². The van der Waals surface area contributed by atoms with Gasteiger partial charge in [0.05, 0.1) is 6.10 Å². The second-order valence-corrected chi connectivity index (χ2v) is 5.56. The number of rotatable bonds is 6. The predicted molar refractivity (Wildman–Crippen MR) is 69.9 cm³/mol. The molecule has 4 heteroatoms. The number of likely N-dealkylation sites (N-methyl/N-ethyl adjacent to an activating group) is 1. The molecule has 1 rings (SSSR count). The van der Waals surface area contributed by atoms with Crippen molar-refractivity contribution in [2.45, 2.75) is 25.5 Å². The van der Waals surface area contributed by atoms with Crippen LogP contribution in [-0.2, 0) is 6.42 Å². The third-order valence-electron chi connectivity index (χ3n) is 2.51. The molecule has 0 bridgehead atoms. The molecule has 0 aliphatic heterocycles. The Kier molecular flexibility index (Phi) is 5.82. The highest BCUT2D eigenvalue weighted by Gasteiger charge is 2.13. The Balaban J connectivity index is 2.36. The Hall–Kier alpha value is 0.100. The molecule has 1 aromatic rings. The molecule has 1 N–H and O–H groups in total. The number of alkyl halides is 1. The molecule has 0 spiro atoms. The van der Waals surface area contributed by atoms with Crippen LogP contribution in [0.3, 0.4) is 0 Å². The maximum Gasteiger partial charge on any atom is 0.0763 e. The van der Waals surface area contributed by atoms with Crippen molar-refractivity contribution >= 4 is 27.3 Å². The molecular weight excluding hydrogens is 274 g/mol. The summed E-state index contributed by atoms with van der Waals surface area (Å²) in [6, 6.07) is 4.72. The van der Waals surface area contributed by atoms with Gasteiger partial charge in [-0.15, -0.1) is 11.3 Å². The molecule has 1 aromatic heterocycles. The first kappa shape index (κ1) is 13.2. The van der Waals surface area contributed by atoms with E-state index >= 15 is 0 Å². The van der Waals surface area contributed by atoms with Crippen LogP contribution in [0.15, 0.2) is 17.5 Å². The van der Waals surface area contributed by atoms with E-state index < -0.39 is 0 Å². The highest BCUT2D eigenvalue weighted by Crippen LogP contribution is 2.13. The number of aliphatic hydroxyl groups excluding tert-OH is 1. The van der Waals surface area contributed by atoms with Gasteiger partial charge in [0.2, 0.25) is 0 Å². The largest absolute Gasteiger partial charge is 0.391 e. The van der Waals surface area contributed by atoms with Gasteiger partial charge in [0.15, 0.2) is 0 Å². The summed E-state index contributed by atoms with van der Waals surface area (Å²) in [6.45, 7) is 2.92. The van der Waals surface area contributed by atoms with E-state index in [0.29, 0.717) is 11.4 Å². The lowest BCUT2D eigenvalue weighted by Crippen LogP contribution is -2.37. The van der Waals surface area contributed by atoms with E-state index in [0.717, 1.165) is 13.0 Å². The Morgan fingerprint density at radius 2 is 2.33 bits per heavy atom. The van der Waals surface area contributed by atoms with E-state index in [-0.39, 0.29) is 6.10 Å². The molecule has 0 fully saturated rings. The summed E-state index contributed by atoms with van der Waals surface area (Å²) in [5, 5.41) is 12.3. The van der Waals surface area contributed by atoms with Gasteiger partial charge in [-0.25, -0.2) is 0 Å². The number of nitrogens with zero attached hydrogens (tertiary/aromatic N) is 1. The number of hydrogen-bond donors (Lipinski definition) is 1. The molecule has 0 saturated carbocycles. The number of halogens is 1. The van der Waals surface area contributed by atoms with Crippen LogP contribution >= 0.6 is 27.3 Å². The Bertz CT molecular complexity index is 266. The fourth-order valence-electron chi connectivity index (χ4n) is 1.44. The predicted octanol–water partition coefficient (Wildman–Crippen LogP) is 2.37. The maximum atomic E-state index is 9.52. The topological polar surface area (TPSA) is 23.5 Å². The molecule has 86 valence electrons. The summed E-state index contributed by atoms with van der Waals surface area (Å²) in [5.74, 6) is 0. The summed E-state index contributed by atoms with van der Waals surface area (Å²) >= 11 is 5.07. The van der Waals surface area contributed by atoms with Crippen molar-refractivity contribution in [1.29, 1.82) is 0 Å². The Morgan fingerprint density at radius 3 is 2.87 bits per heavy atom. The zero-order chi connectivity index (χ0) is 11.3. The van der Waals surface area contributed by atoms with Crippen LogP contribution in [0.2, 0.25) is 0 Å². The van der Waals surface area contributed by atoms with Crippen molar-refractivity contribution in [1.82, 2.24) is 4.90 Å². The van der Waals surface area contributed by atoms with Crippen molar-refractivity contribution < 1.29 is 5.11 Å². The van der Waals surface area contributed by atoms with Gasteiger partial charge in [0, 0.05) is 22.8 Å². The Labute approximate surface area is 104 Å². The van der Waals surface area contributed by atoms with E-state index in [9.17, 15) is 5.11 Å². The van der Waals surface area contributed by atoms with Crippen LogP contribution in [0.25, 0.3) is 0 Å². The summed E-state index contributed by atoms with van der Waals surface area (Å²) in [4.78, 5) is 3.61. The molecule has 0 radical (unpaired) electrons. The molecule has 2 unspecified atom stereocenters. The lowest BCUT2D eigenvalue weighted by Gasteiger charge is -2.26. The Morgan fingerprint density at radius 1 is 1.60 bits per heavy atom. The standard InChI is InChI=1S/C11H18BrNOS/c1-9(6-11-4-3-5-15-11)13(2)8-10(14)7-12/h3-5,9-10,14H,6-8H2,1-2H3. The second kappa shape index (κ2) is 6.63. The average Bonchev–Trinajstić information content (AvgIpc) is 2.70. The van der Waals surface area contributed by atoms with E-state index in [4.69, 9.17) is 0 Å². The summed E-state index contributed by atoms with van der Waals surface area (Å²) in [5.41, 5.74) is 0. The molecule has 0 aliphatic rings. The summed E-state index contributed by atoms with van der Waals surface area (Å²) in [7, 11) is 2.06. The monoisotopic (exact) mass is 291 g/mol. The van der Waals surface area contributed by atoms with Crippen LogP contribution in [0.1, 0.15) is 11.8 Å². The van der Waals surface area contributed by atoms with E-state index in [1.165, 1.54) is 4.88 Å². The lowest BCUT2D eigenvalue weighted by atomic mass is 10.2. The van der Waals surface area contributed by atoms with Crippen molar-refractivity contribution in [3.63, 3.8) is 0 Å². The molecule has 2 nitrogen and oxygen atoms in total. The zero-order valence-electron chi connectivity index (χ0n) is 9.19. The molecule has 2 atom stereocenters. The lowest BCUT2D eigenvalue weighted by molar-refractivity contribution is 0.126. The molecule has 0 saturated heterocycles. The highest BCUT2D eigenvalue weighted by molar-refractivity contribution is 9.09. The molecule has 0 aliphatic carbocycles. The molecule has 0 aromatic carbocycles. The third kappa shape index (κ3) is 4.64. The number of hydrogen-bond acceptors (Lipinski definition) is 3. The second-order valence-electron chi connectivity index (χ2n) is 3.88. The quantitative estimate of drug-likeness (QED) is 0.814. The fraction of sp³-hybridized carbons (Fsp3) is 0.636. The van der Waals surface area contributed by atoms with Gasteiger partial charge >= 0.3 is 0 Å². The molecule has 1 heterocycles. The molecular formula is C11H18BrNOS. The molecule has 15 heavy (non-hydrogen) atoms. The van der Waals surface area contributed by atoms with Gasteiger partial charge in [-0.3, -0.25) is 0 Å². The van der Waals surface area contributed by atoms with E-state index in [1.807, 2.05) is 0 Å². The van der Waals surface area contributed by atoms with Crippen LogP contribution < -0.4 is 0 Å². The van der Waals surface area contributed by atoms with Crippen molar-refractivity contribution in [2.24, 2.45) is 0 Å². The smallest absolute Gasteiger partial charge is 0.0763 e. The van der Waals surface area contributed by atoms with Gasteiger partial charge in [0.25, 0.3) is 0 Å². The first-order chi connectivity index (χ1) is 7.13. The normalized spacial score (nSPS) is 15.5. The summed E-state index contributed by atoms with van der Waals surface area (Å²) < 4.78 is 0. The molecule has 0 amide bonds. The van der Waals surface area contributed by atoms with E-state index in [1.54, 1.807) is 11.3 Å². The number of aliphatic hydroxyl groups is 1. The van der Waals surface area contributed by atoms with Crippen molar-refractivity contribution in [3.05, 3.63) is 22.4 Å². The van der Waals surface area contributed by atoms with Crippen LogP contribution in [0.4, 0.5) is 0 Å². The van der Waals surface area contributed by atoms with Crippen LogP contribution in [0.5, 0.6) is 0 Å². The SMILES string of the molecule is CC(Cc1cccs1)N(C)CC(O)CBr. The number of thiophene rings is 1. The minimum Gasteiger partial charge on any atom is -0.391 e. The first-order valence-electron chi connectivity index (χ1n) is 5.10. The minimum absolute atomic E-state index is 0.277. The zero-order valence-corrected chi connectivity index (χ0v) is 11.6.